The van der Waals surface area contributed by atoms with Crippen LogP contribution in [-0.2, 0) is 14.3 Å². The Morgan fingerprint density at radius 2 is 1.15 bits per heavy atom. The number of aromatic amines is 2. The fourth-order valence-corrected chi connectivity index (χ4v) is 7.25. The van der Waals surface area contributed by atoms with Crippen LogP contribution in [0.15, 0.2) is 60.9 Å². The zero-order chi connectivity index (χ0) is 39.2. The van der Waals surface area contributed by atoms with Crippen molar-refractivity contribution < 1.29 is 29.0 Å². The second kappa shape index (κ2) is 16.9. The second-order valence-electron chi connectivity index (χ2n) is 14.7. The first-order valence-electron chi connectivity index (χ1n) is 18.7. The van der Waals surface area contributed by atoms with Crippen LogP contribution in [0.2, 0.25) is 0 Å². The lowest BCUT2D eigenvalue weighted by molar-refractivity contribution is -0.136. The molecular weight excluding hydrogens is 701 g/mol. The highest BCUT2D eigenvalue weighted by molar-refractivity contribution is 5.87. The number of H-pyrrole nitrogens is 2. The summed E-state index contributed by atoms with van der Waals surface area (Å²) in [5.74, 6) is 7.17. The van der Waals surface area contributed by atoms with Gasteiger partial charge in [-0.1, -0.05) is 63.8 Å². The molecule has 0 aliphatic carbocycles. The quantitative estimate of drug-likeness (QED) is 0.125. The van der Waals surface area contributed by atoms with Crippen LogP contribution in [0.25, 0.3) is 22.5 Å². The highest BCUT2D eigenvalue weighted by atomic mass is 16.5. The van der Waals surface area contributed by atoms with E-state index in [-0.39, 0.29) is 35.7 Å². The Hall–Kier alpha value is -6.10. The van der Waals surface area contributed by atoms with E-state index in [9.17, 15) is 24.3 Å². The maximum absolute atomic E-state index is 13.5. The number of methoxy groups -OCH3 is 1. The first-order valence-corrected chi connectivity index (χ1v) is 18.7. The largest absolute Gasteiger partial charge is 0.465 e. The summed E-state index contributed by atoms with van der Waals surface area (Å²) in [5, 5.41) is 14.3. The maximum atomic E-state index is 13.5. The third kappa shape index (κ3) is 8.83. The van der Waals surface area contributed by atoms with Crippen LogP contribution in [0, 0.1) is 23.7 Å². The number of carboxylic acid groups (broad SMARTS) is 1. The Kier molecular flexibility index (Phi) is 11.9. The van der Waals surface area contributed by atoms with Crippen molar-refractivity contribution in [1.82, 2.24) is 40.4 Å². The van der Waals surface area contributed by atoms with Crippen molar-refractivity contribution in [3.05, 3.63) is 83.7 Å². The van der Waals surface area contributed by atoms with Crippen LogP contribution >= 0.6 is 0 Å². The third-order valence-electron chi connectivity index (χ3n) is 10.2. The second-order valence-corrected chi connectivity index (χ2v) is 14.7. The first-order chi connectivity index (χ1) is 26.4. The number of aromatic nitrogens is 4. The van der Waals surface area contributed by atoms with Gasteiger partial charge in [0.25, 0.3) is 0 Å². The molecule has 2 saturated heterocycles. The van der Waals surface area contributed by atoms with Gasteiger partial charge in [-0.2, -0.15) is 0 Å². The van der Waals surface area contributed by atoms with Crippen molar-refractivity contribution in [1.29, 1.82) is 0 Å². The molecule has 2 aromatic carbocycles. The zero-order valence-corrected chi connectivity index (χ0v) is 31.8. The molecular formula is C41H48N8O6. The summed E-state index contributed by atoms with van der Waals surface area (Å²) in [5.41, 5.74) is 5.22. The van der Waals surface area contributed by atoms with Crippen molar-refractivity contribution in [2.75, 3.05) is 20.2 Å². The summed E-state index contributed by atoms with van der Waals surface area (Å²) in [7, 11) is 1.28. The topological polar surface area (TPSA) is 186 Å². The molecule has 0 radical (unpaired) electrons. The number of nitrogens with zero attached hydrogens (tertiary/aromatic N) is 4. The average molecular weight is 749 g/mol. The number of benzene rings is 2. The third-order valence-corrected chi connectivity index (χ3v) is 10.2. The van der Waals surface area contributed by atoms with Gasteiger partial charge in [0.1, 0.15) is 23.7 Å². The number of imidazole rings is 2. The van der Waals surface area contributed by atoms with Crippen LogP contribution < -0.4 is 10.6 Å². The zero-order valence-electron chi connectivity index (χ0n) is 31.8. The Balaban J connectivity index is 1.08. The van der Waals surface area contributed by atoms with Crippen molar-refractivity contribution in [2.24, 2.45) is 11.8 Å². The predicted octanol–water partition coefficient (Wildman–Crippen LogP) is 5.87. The number of rotatable bonds is 10. The van der Waals surface area contributed by atoms with E-state index in [4.69, 9.17) is 4.74 Å². The van der Waals surface area contributed by atoms with Gasteiger partial charge in [-0.15, -0.1) is 0 Å². The number of likely N-dealkylation sites (tertiary alicyclic amines) is 2. The van der Waals surface area contributed by atoms with Crippen LogP contribution in [0.4, 0.5) is 9.59 Å². The molecule has 2 aromatic heterocycles. The number of hydrogen-bond donors (Lipinski definition) is 5. The van der Waals surface area contributed by atoms with E-state index in [1.807, 2.05) is 76.2 Å². The van der Waals surface area contributed by atoms with Crippen molar-refractivity contribution in [2.45, 2.75) is 77.5 Å². The number of alkyl carbamates (subject to hydrolysis) is 1. The van der Waals surface area contributed by atoms with Crippen molar-refractivity contribution >= 4 is 24.0 Å². The molecule has 0 spiro atoms. The van der Waals surface area contributed by atoms with Gasteiger partial charge >= 0.3 is 12.2 Å². The molecule has 14 nitrogen and oxygen atoms in total. The van der Waals surface area contributed by atoms with Gasteiger partial charge in [0.2, 0.25) is 11.8 Å². The predicted molar refractivity (Wildman–Crippen MR) is 205 cm³/mol. The molecule has 288 valence electrons. The number of nitrogens with one attached hydrogen (secondary N) is 4. The summed E-state index contributed by atoms with van der Waals surface area (Å²) in [4.78, 5) is 69.6. The van der Waals surface area contributed by atoms with E-state index in [0.29, 0.717) is 24.7 Å². The van der Waals surface area contributed by atoms with Gasteiger partial charge < -0.3 is 40.2 Å². The molecule has 1 unspecified atom stereocenters. The molecule has 4 aromatic rings. The van der Waals surface area contributed by atoms with Gasteiger partial charge in [0.15, 0.2) is 0 Å². The Bertz CT molecular complexity index is 2060. The van der Waals surface area contributed by atoms with Crippen LogP contribution in [0.3, 0.4) is 0 Å². The lowest BCUT2D eigenvalue weighted by Gasteiger charge is -2.30. The Labute approximate surface area is 320 Å². The smallest absolute Gasteiger partial charge is 0.407 e. The van der Waals surface area contributed by atoms with Crippen molar-refractivity contribution in [3.8, 4) is 34.4 Å². The lowest BCUT2D eigenvalue weighted by Crippen LogP contribution is -2.51. The molecule has 6 rings (SSSR count). The number of hydrogen-bond acceptors (Lipinski definition) is 7. The fraction of sp³-hybridized carbons (Fsp3) is 0.415. The monoisotopic (exact) mass is 748 g/mol. The minimum absolute atomic E-state index is 0.109. The summed E-state index contributed by atoms with van der Waals surface area (Å²) in [6.07, 6.45) is 4.86. The van der Waals surface area contributed by atoms with E-state index in [1.54, 1.807) is 22.2 Å². The molecule has 4 atom stereocenters. The highest BCUT2D eigenvalue weighted by Gasteiger charge is 2.38. The molecule has 14 heteroatoms. The number of carbonyl (C=O) groups is 4. The molecule has 55 heavy (non-hydrogen) atoms. The molecule has 0 bridgehead atoms. The van der Waals surface area contributed by atoms with Gasteiger partial charge in [-0.3, -0.25) is 9.59 Å². The number of ether oxygens (including phenoxy) is 1. The minimum atomic E-state index is -1.22. The molecule has 2 fully saturated rings. The lowest BCUT2D eigenvalue weighted by atomic mass is 10.0. The highest BCUT2D eigenvalue weighted by Crippen LogP contribution is 2.34. The van der Waals surface area contributed by atoms with Gasteiger partial charge in [0.05, 0.1) is 43.0 Å². The van der Waals surface area contributed by atoms with E-state index in [2.05, 4.69) is 42.4 Å². The molecule has 2 aliphatic heterocycles. The first kappa shape index (κ1) is 38.6. The van der Waals surface area contributed by atoms with Gasteiger partial charge in [-0.25, -0.2) is 19.6 Å². The summed E-state index contributed by atoms with van der Waals surface area (Å²) in [6, 6.07) is 13.8. The van der Waals surface area contributed by atoms with Crippen LogP contribution in [0.1, 0.15) is 88.2 Å². The van der Waals surface area contributed by atoms with Crippen molar-refractivity contribution in [3.63, 3.8) is 0 Å². The summed E-state index contributed by atoms with van der Waals surface area (Å²) >= 11 is 0. The Morgan fingerprint density at radius 3 is 1.53 bits per heavy atom. The average Bonchev–Trinajstić information content (AvgIpc) is 4.01. The minimum Gasteiger partial charge on any atom is -0.465 e. The molecule has 4 amide bonds. The fourth-order valence-electron chi connectivity index (χ4n) is 7.25. The standard InChI is InChI=1S/C41H48N8O6/c1-24(2)34(46-40(52)53)38(50)48-20-6-8-32(48)36-42-22-30(44-36)28-16-12-26(13-17-28)10-11-27-14-18-29(19-15-27)31-23-43-37(45-31)33-9-7-21-49(33)39(51)35(25(3)4)47-41(54)55-5/h12-19,22-25,32-35,46H,6-9,20-21H2,1-5H3,(H,42,44)(H,43,45)(H,47,54)(H,52,53)/t32-,33-,34-,35?/m0/s1. The summed E-state index contributed by atoms with van der Waals surface area (Å²) < 4.78 is 4.74. The van der Waals surface area contributed by atoms with E-state index >= 15 is 0 Å². The SMILES string of the molecule is COC(=O)NC(C(=O)N1CCC[C@H]1c1ncc(-c2ccc(C#Cc3ccc(-c4cnc([C@@H]5CCCN5C(=O)[C@@H](NC(=O)O)C(C)C)[nH]4)cc3)cc2)[nH]1)C(C)C. The van der Waals surface area contributed by atoms with E-state index in [1.165, 1.54) is 7.11 Å². The molecule has 4 heterocycles. The van der Waals surface area contributed by atoms with Gasteiger partial charge in [0, 0.05) is 24.2 Å². The van der Waals surface area contributed by atoms with E-state index in [0.717, 1.165) is 59.3 Å². The van der Waals surface area contributed by atoms with Crippen LogP contribution in [-0.4, -0.2) is 91.1 Å². The molecule has 5 N–H and O–H groups in total. The normalized spacial score (nSPS) is 17.8. The molecule has 0 saturated carbocycles. The van der Waals surface area contributed by atoms with Gasteiger partial charge in [-0.05, 0) is 72.9 Å². The number of carbonyl (C=O) groups excluding carboxylic acids is 3. The number of amides is 4. The maximum Gasteiger partial charge on any atom is 0.407 e. The van der Waals surface area contributed by atoms with E-state index < -0.39 is 24.3 Å². The summed E-state index contributed by atoms with van der Waals surface area (Å²) in [6.45, 7) is 8.57. The van der Waals surface area contributed by atoms with Crippen LogP contribution in [0.5, 0.6) is 0 Å². The Morgan fingerprint density at radius 1 is 0.727 bits per heavy atom. The molecule has 2 aliphatic rings.